The summed E-state index contributed by atoms with van der Waals surface area (Å²) in [4.78, 5) is 4.18. The molecular formula is C12H16N2O. The zero-order valence-corrected chi connectivity index (χ0v) is 9.61. The van der Waals surface area contributed by atoms with Gasteiger partial charge in [0.05, 0.1) is 6.26 Å². The Labute approximate surface area is 89.9 Å². The van der Waals surface area contributed by atoms with E-state index < -0.39 is 0 Å². The van der Waals surface area contributed by atoms with Gasteiger partial charge < -0.3 is 14.2 Å². The van der Waals surface area contributed by atoms with Crippen LogP contribution in [0.4, 0.5) is 11.4 Å². The zero-order chi connectivity index (χ0) is 11.0. The van der Waals surface area contributed by atoms with Gasteiger partial charge in [-0.2, -0.15) is 0 Å². The number of rotatable bonds is 2. The highest BCUT2D eigenvalue weighted by Crippen LogP contribution is 2.31. The second-order valence-electron chi connectivity index (χ2n) is 4.09. The van der Waals surface area contributed by atoms with Gasteiger partial charge in [0, 0.05) is 51.0 Å². The highest BCUT2D eigenvalue weighted by molar-refractivity contribution is 5.94. The van der Waals surface area contributed by atoms with Crippen LogP contribution in [0.1, 0.15) is 0 Å². The van der Waals surface area contributed by atoms with Gasteiger partial charge in [-0.3, -0.25) is 0 Å². The van der Waals surface area contributed by atoms with Crippen molar-refractivity contribution < 1.29 is 4.42 Å². The molecule has 0 bridgehead atoms. The van der Waals surface area contributed by atoms with Gasteiger partial charge in [-0.25, -0.2) is 0 Å². The van der Waals surface area contributed by atoms with Crippen molar-refractivity contribution in [3.63, 3.8) is 0 Å². The smallest absolute Gasteiger partial charge is 0.138 e. The van der Waals surface area contributed by atoms with Crippen molar-refractivity contribution >= 4 is 22.3 Å². The van der Waals surface area contributed by atoms with Gasteiger partial charge in [-0.15, -0.1) is 0 Å². The summed E-state index contributed by atoms with van der Waals surface area (Å²) in [5, 5.41) is 1.16. The van der Waals surface area contributed by atoms with Crippen LogP contribution in [0.3, 0.4) is 0 Å². The maximum Gasteiger partial charge on any atom is 0.138 e. The number of benzene rings is 1. The lowest BCUT2D eigenvalue weighted by atomic mass is 10.2. The van der Waals surface area contributed by atoms with Crippen molar-refractivity contribution in [2.24, 2.45) is 0 Å². The molecule has 2 rings (SSSR count). The summed E-state index contributed by atoms with van der Waals surface area (Å²) in [6, 6.07) is 6.23. The molecule has 2 aromatic rings. The molecule has 15 heavy (non-hydrogen) atoms. The standard InChI is InChI=1S/C12H16N2O/c1-13(2)9-7-11(14(3)4)10-5-6-15-12(10)8-9/h5-8H,1-4H3. The van der Waals surface area contributed by atoms with E-state index in [2.05, 4.69) is 21.9 Å². The van der Waals surface area contributed by atoms with Crippen molar-refractivity contribution in [2.75, 3.05) is 38.0 Å². The van der Waals surface area contributed by atoms with E-state index in [-0.39, 0.29) is 0 Å². The SMILES string of the molecule is CN(C)c1cc(N(C)C)c2ccoc2c1. The number of anilines is 2. The van der Waals surface area contributed by atoms with Crippen molar-refractivity contribution in [3.8, 4) is 0 Å². The van der Waals surface area contributed by atoms with E-state index in [1.54, 1.807) is 6.26 Å². The molecule has 0 fully saturated rings. The third kappa shape index (κ3) is 1.65. The molecule has 0 aliphatic rings. The third-order valence-electron chi connectivity index (χ3n) is 2.53. The first-order chi connectivity index (χ1) is 7.09. The van der Waals surface area contributed by atoms with Crippen LogP contribution in [0.25, 0.3) is 11.0 Å². The summed E-state index contributed by atoms with van der Waals surface area (Å²) in [6.45, 7) is 0. The number of hydrogen-bond donors (Lipinski definition) is 0. The van der Waals surface area contributed by atoms with Crippen LogP contribution in [0.5, 0.6) is 0 Å². The van der Waals surface area contributed by atoms with Gasteiger partial charge in [0.1, 0.15) is 5.58 Å². The van der Waals surface area contributed by atoms with Crippen molar-refractivity contribution in [2.45, 2.75) is 0 Å². The molecule has 1 heterocycles. The first kappa shape index (κ1) is 9.90. The van der Waals surface area contributed by atoms with Gasteiger partial charge in [0.25, 0.3) is 0 Å². The van der Waals surface area contributed by atoms with Crippen LogP contribution in [0.2, 0.25) is 0 Å². The molecule has 80 valence electrons. The fourth-order valence-corrected chi connectivity index (χ4v) is 1.67. The molecule has 1 aromatic heterocycles. The fraction of sp³-hybridized carbons (Fsp3) is 0.333. The zero-order valence-electron chi connectivity index (χ0n) is 9.61. The van der Waals surface area contributed by atoms with E-state index in [1.807, 2.05) is 34.3 Å². The summed E-state index contributed by atoms with van der Waals surface area (Å²) in [6.07, 6.45) is 1.73. The van der Waals surface area contributed by atoms with E-state index in [1.165, 1.54) is 5.69 Å². The van der Waals surface area contributed by atoms with E-state index >= 15 is 0 Å². The Bertz CT molecular complexity index is 471. The molecule has 3 heteroatoms. The molecule has 0 N–H and O–H groups in total. The molecule has 3 nitrogen and oxygen atoms in total. The highest BCUT2D eigenvalue weighted by Gasteiger charge is 2.08. The monoisotopic (exact) mass is 204 g/mol. The van der Waals surface area contributed by atoms with E-state index in [0.717, 1.165) is 16.7 Å². The Kier molecular flexibility index (Phi) is 2.31. The quantitative estimate of drug-likeness (QED) is 0.749. The number of hydrogen-bond acceptors (Lipinski definition) is 3. The van der Waals surface area contributed by atoms with Gasteiger partial charge in [-0.1, -0.05) is 0 Å². The Morgan fingerprint density at radius 2 is 1.73 bits per heavy atom. The molecular weight excluding hydrogens is 188 g/mol. The normalized spacial score (nSPS) is 10.7. The van der Waals surface area contributed by atoms with Crippen LogP contribution in [-0.2, 0) is 0 Å². The molecule has 0 aliphatic carbocycles. The minimum absolute atomic E-state index is 0.935. The Balaban J connectivity index is 2.69. The van der Waals surface area contributed by atoms with Gasteiger partial charge in [0.2, 0.25) is 0 Å². The van der Waals surface area contributed by atoms with Crippen molar-refractivity contribution in [1.82, 2.24) is 0 Å². The van der Waals surface area contributed by atoms with Gasteiger partial charge in [-0.05, 0) is 12.1 Å². The van der Waals surface area contributed by atoms with Crippen LogP contribution < -0.4 is 9.80 Å². The summed E-state index contributed by atoms with van der Waals surface area (Å²) >= 11 is 0. The summed E-state index contributed by atoms with van der Waals surface area (Å²) in [7, 11) is 8.15. The predicted octanol–water partition coefficient (Wildman–Crippen LogP) is 2.56. The van der Waals surface area contributed by atoms with Crippen molar-refractivity contribution in [1.29, 1.82) is 0 Å². The lowest BCUT2D eigenvalue weighted by molar-refractivity contribution is 0.616. The summed E-state index contributed by atoms with van der Waals surface area (Å²) < 4.78 is 5.45. The second kappa shape index (κ2) is 3.50. The second-order valence-corrected chi connectivity index (χ2v) is 4.09. The highest BCUT2D eigenvalue weighted by atomic mass is 16.3. The van der Waals surface area contributed by atoms with Gasteiger partial charge in [0.15, 0.2) is 0 Å². The van der Waals surface area contributed by atoms with Crippen LogP contribution in [0.15, 0.2) is 28.9 Å². The molecule has 0 radical (unpaired) electrons. The molecule has 0 spiro atoms. The minimum atomic E-state index is 0.935. The molecule has 0 amide bonds. The topological polar surface area (TPSA) is 19.6 Å². The average Bonchev–Trinajstić information content (AvgIpc) is 2.62. The summed E-state index contributed by atoms with van der Waals surface area (Å²) in [5.74, 6) is 0. The Hall–Kier alpha value is -1.64. The molecule has 0 aliphatic heterocycles. The molecule has 0 unspecified atom stereocenters. The van der Waals surface area contributed by atoms with Crippen LogP contribution >= 0.6 is 0 Å². The first-order valence-electron chi connectivity index (χ1n) is 4.95. The molecule has 0 atom stereocenters. The molecule has 0 saturated heterocycles. The van der Waals surface area contributed by atoms with Crippen LogP contribution in [-0.4, -0.2) is 28.2 Å². The average molecular weight is 204 g/mol. The first-order valence-corrected chi connectivity index (χ1v) is 4.95. The maximum absolute atomic E-state index is 5.45. The van der Waals surface area contributed by atoms with Crippen LogP contribution in [0, 0.1) is 0 Å². The molecule has 1 aromatic carbocycles. The predicted molar refractivity (Wildman–Crippen MR) is 64.9 cm³/mol. The van der Waals surface area contributed by atoms with E-state index in [9.17, 15) is 0 Å². The Morgan fingerprint density at radius 3 is 2.33 bits per heavy atom. The number of furan rings is 1. The lowest BCUT2D eigenvalue weighted by Gasteiger charge is -2.18. The fourth-order valence-electron chi connectivity index (χ4n) is 1.67. The van der Waals surface area contributed by atoms with Gasteiger partial charge >= 0.3 is 0 Å². The summed E-state index contributed by atoms with van der Waals surface area (Å²) in [5.41, 5.74) is 3.27. The minimum Gasteiger partial charge on any atom is -0.464 e. The molecule has 0 saturated carbocycles. The third-order valence-corrected chi connectivity index (χ3v) is 2.53. The van der Waals surface area contributed by atoms with E-state index in [0.29, 0.717) is 0 Å². The van der Waals surface area contributed by atoms with Crippen molar-refractivity contribution in [3.05, 3.63) is 24.5 Å². The number of fused-ring (bicyclic) bond motifs is 1. The lowest BCUT2D eigenvalue weighted by Crippen LogP contribution is -2.12. The van der Waals surface area contributed by atoms with E-state index in [4.69, 9.17) is 4.42 Å². The number of nitrogens with zero attached hydrogens (tertiary/aromatic N) is 2. The maximum atomic E-state index is 5.45. The largest absolute Gasteiger partial charge is 0.464 e. The Morgan fingerprint density at radius 1 is 1.00 bits per heavy atom.